The normalized spacial score (nSPS) is 9.85. The number of carbonyl (C=O) groups is 1. The monoisotopic (exact) mass is 269 g/mol. The molecule has 0 aromatic heterocycles. The molecule has 2 aromatic carbocycles. The summed E-state index contributed by atoms with van der Waals surface area (Å²) in [6.45, 7) is 0. The van der Waals surface area contributed by atoms with Gasteiger partial charge in [-0.25, -0.2) is 4.39 Å². The second-order valence-corrected chi connectivity index (χ2v) is 4.26. The summed E-state index contributed by atoms with van der Waals surface area (Å²) in [5.41, 5.74) is 6.71. The smallest absolute Gasteiger partial charge is 0.258 e. The van der Waals surface area contributed by atoms with Crippen LogP contribution in [-0.2, 0) is 0 Å². The number of rotatable bonds is 2. The Labute approximate surface area is 115 Å². The molecule has 2 rings (SSSR count). The first kappa shape index (κ1) is 13.6. The third kappa shape index (κ3) is 2.59. The highest BCUT2D eigenvalue weighted by Crippen LogP contribution is 2.19. The van der Waals surface area contributed by atoms with Gasteiger partial charge in [-0.2, -0.15) is 5.26 Å². The van der Waals surface area contributed by atoms with E-state index in [4.69, 9.17) is 11.0 Å². The minimum atomic E-state index is -0.560. The Balaban J connectivity index is 2.32. The number of halogens is 1. The number of nitrogens with zero attached hydrogens (tertiary/aromatic N) is 2. The summed E-state index contributed by atoms with van der Waals surface area (Å²) >= 11 is 0. The van der Waals surface area contributed by atoms with Crippen molar-refractivity contribution in [2.45, 2.75) is 0 Å². The molecule has 0 bridgehead atoms. The number of anilines is 2. The Morgan fingerprint density at radius 2 is 2.05 bits per heavy atom. The maximum Gasteiger partial charge on any atom is 0.258 e. The molecule has 0 heterocycles. The fourth-order valence-electron chi connectivity index (χ4n) is 1.77. The third-order valence-corrected chi connectivity index (χ3v) is 2.91. The summed E-state index contributed by atoms with van der Waals surface area (Å²) in [6, 6.07) is 12.5. The van der Waals surface area contributed by atoms with E-state index in [0.717, 1.165) is 6.07 Å². The molecule has 0 radical (unpaired) electrons. The molecular weight excluding hydrogens is 257 g/mol. The van der Waals surface area contributed by atoms with Crippen molar-refractivity contribution in [1.29, 1.82) is 5.26 Å². The van der Waals surface area contributed by atoms with E-state index in [-0.39, 0.29) is 17.2 Å². The van der Waals surface area contributed by atoms with Crippen LogP contribution in [0, 0.1) is 17.1 Å². The molecular formula is C15H12FN3O. The van der Waals surface area contributed by atoms with Crippen LogP contribution in [0.3, 0.4) is 0 Å². The van der Waals surface area contributed by atoms with Crippen LogP contribution >= 0.6 is 0 Å². The molecule has 0 saturated carbocycles. The summed E-state index contributed by atoms with van der Waals surface area (Å²) < 4.78 is 13.1. The second-order valence-electron chi connectivity index (χ2n) is 4.26. The lowest BCUT2D eigenvalue weighted by Gasteiger charge is -2.17. The number of hydrogen-bond donors (Lipinski definition) is 1. The fourth-order valence-corrected chi connectivity index (χ4v) is 1.77. The molecule has 0 aliphatic rings. The van der Waals surface area contributed by atoms with E-state index >= 15 is 0 Å². The number of nitrogens with two attached hydrogens (primary N) is 1. The van der Waals surface area contributed by atoms with Crippen LogP contribution in [0.15, 0.2) is 42.5 Å². The van der Waals surface area contributed by atoms with Crippen molar-refractivity contribution in [1.82, 2.24) is 0 Å². The highest BCUT2D eigenvalue weighted by Gasteiger charge is 2.15. The van der Waals surface area contributed by atoms with Gasteiger partial charge in [-0.05, 0) is 36.4 Å². The molecule has 100 valence electrons. The van der Waals surface area contributed by atoms with E-state index in [1.54, 1.807) is 31.3 Å². The minimum Gasteiger partial charge on any atom is -0.396 e. The van der Waals surface area contributed by atoms with Gasteiger partial charge in [0.15, 0.2) is 0 Å². The first-order valence-electron chi connectivity index (χ1n) is 5.86. The summed E-state index contributed by atoms with van der Waals surface area (Å²) in [5.74, 6) is -0.887. The van der Waals surface area contributed by atoms with E-state index in [1.165, 1.54) is 17.0 Å². The lowest BCUT2D eigenvalue weighted by molar-refractivity contribution is 0.0993. The standard InChI is InChI=1S/C15H12FN3O/c1-19(12-4-2-3-10(7-12)9-17)15(20)11-5-6-13(16)14(18)8-11/h2-8H,18H2,1H3. The van der Waals surface area contributed by atoms with E-state index in [9.17, 15) is 9.18 Å². The number of hydrogen-bond acceptors (Lipinski definition) is 3. The topological polar surface area (TPSA) is 70.1 Å². The van der Waals surface area contributed by atoms with Gasteiger partial charge in [-0.1, -0.05) is 6.07 Å². The van der Waals surface area contributed by atoms with Crippen LogP contribution in [0.1, 0.15) is 15.9 Å². The molecule has 0 atom stereocenters. The molecule has 0 aliphatic heterocycles. The highest BCUT2D eigenvalue weighted by atomic mass is 19.1. The van der Waals surface area contributed by atoms with Crippen molar-refractivity contribution < 1.29 is 9.18 Å². The van der Waals surface area contributed by atoms with E-state index in [1.807, 2.05) is 6.07 Å². The molecule has 5 heteroatoms. The van der Waals surface area contributed by atoms with Crippen molar-refractivity contribution >= 4 is 17.3 Å². The van der Waals surface area contributed by atoms with Gasteiger partial charge in [0.05, 0.1) is 17.3 Å². The van der Waals surface area contributed by atoms with E-state index in [0.29, 0.717) is 11.3 Å². The molecule has 20 heavy (non-hydrogen) atoms. The van der Waals surface area contributed by atoms with E-state index < -0.39 is 5.82 Å². The zero-order valence-electron chi connectivity index (χ0n) is 10.8. The first-order chi connectivity index (χ1) is 9.52. The summed E-state index contributed by atoms with van der Waals surface area (Å²) in [6.07, 6.45) is 0. The average Bonchev–Trinajstić information content (AvgIpc) is 2.48. The zero-order chi connectivity index (χ0) is 14.7. The number of amides is 1. The molecule has 1 amide bonds. The lowest BCUT2D eigenvalue weighted by Crippen LogP contribution is -2.26. The fraction of sp³-hybridized carbons (Fsp3) is 0.0667. The molecule has 4 nitrogen and oxygen atoms in total. The molecule has 0 saturated heterocycles. The molecule has 0 unspecified atom stereocenters. The van der Waals surface area contributed by atoms with Crippen molar-refractivity contribution in [3.05, 3.63) is 59.4 Å². The number of nitrogen functional groups attached to an aromatic ring is 1. The Morgan fingerprint density at radius 3 is 2.70 bits per heavy atom. The van der Waals surface area contributed by atoms with Crippen LogP contribution in [0.2, 0.25) is 0 Å². The van der Waals surface area contributed by atoms with Gasteiger partial charge < -0.3 is 10.6 Å². The number of nitriles is 1. The number of benzene rings is 2. The molecule has 0 aliphatic carbocycles. The Kier molecular flexibility index (Phi) is 3.67. The molecule has 2 N–H and O–H groups in total. The van der Waals surface area contributed by atoms with Crippen LogP contribution in [0.5, 0.6) is 0 Å². The molecule has 2 aromatic rings. The maximum absolute atomic E-state index is 13.1. The second kappa shape index (κ2) is 5.41. The largest absolute Gasteiger partial charge is 0.396 e. The Morgan fingerprint density at radius 1 is 1.30 bits per heavy atom. The van der Waals surface area contributed by atoms with Crippen molar-refractivity contribution in [3.8, 4) is 6.07 Å². The van der Waals surface area contributed by atoms with Crippen LogP contribution < -0.4 is 10.6 Å². The van der Waals surface area contributed by atoms with Gasteiger partial charge in [0, 0.05) is 18.3 Å². The Bertz CT molecular complexity index is 707. The Hall–Kier alpha value is -2.87. The SMILES string of the molecule is CN(C(=O)c1ccc(F)c(N)c1)c1cccc(C#N)c1. The van der Waals surface area contributed by atoms with Crippen molar-refractivity contribution in [2.24, 2.45) is 0 Å². The predicted octanol–water partition coefficient (Wildman–Crippen LogP) is 2.56. The lowest BCUT2D eigenvalue weighted by atomic mass is 10.1. The summed E-state index contributed by atoms with van der Waals surface area (Å²) in [5, 5.41) is 8.85. The molecule has 0 spiro atoms. The maximum atomic E-state index is 13.1. The number of carbonyl (C=O) groups excluding carboxylic acids is 1. The quantitative estimate of drug-likeness (QED) is 0.852. The first-order valence-corrected chi connectivity index (χ1v) is 5.86. The van der Waals surface area contributed by atoms with Gasteiger partial charge in [0.25, 0.3) is 5.91 Å². The van der Waals surface area contributed by atoms with Gasteiger partial charge in [0.2, 0.25) is 0 Å². The molecule has 0 fully saturated rings. The van der Waals surface area contributed by atoms with Gasteiger partial charge in [-0.3, -0.25) is 4.79 Å². The predicted molar refractivity (Wildman–Crippen MR) is 74.7 cm³/mol. The van der Waals surface area contributed by atoms with Crippen LogP contribution in [0.4, 0.5) is 15.8 Å². The van der Waals surface area contributed by atoms with Gasteiger partial charge in [-0.15, -0.1) is 0 Å². The minimum absolute atomic E-state index is 0.0741. The van der Waals surface area contributed by atoms with Gasteiger partial charge >= 0.3 is 0 Å². The van der Waals surface area contributed by atoms with Crippen LogP contribution in [0.25, 0.3) is 0 Å². The third-order valence-electron chi connectivity index (χ3n) is 2.91. The van der Waals surface area contributed by atoms with Crippen molar-refractivity contribution in [2.75, 3.05) is 17.7 Å². The van der Waals surface area contributed by atoms with E-state index in [2.05, 4.69) is 0 Å². The van der Waals surface area contributed by atoms with Crippen LogP contribution in [-0.4, -0.2) is 13.0 Å². The summed E-state index contributed by atoms with van der Waals surface area (Å²) in [7, 11) is 1.58. The van der Waals surface area contributed by atoms with Gasteiger partial charge in [0.1, 0.15) is 5.82 Å². The average molecular weight is 269 g/mol. The highest BCUT2D eigenvalue weighted by molar-refractivity contribution is 6.06. The summed E-state index contributed by atoms with van der Waals surface area (Å²) in [4.78, 5) is 13.7. The van der Waals surface area contributed by atoms with Crippen molar-refractivity contribution in [3.63, 3.8) is 0 Å². The zero-order valence-corrected chi connectivity index (χ0v) is 10.8.